The maximum atomic E-state index is 13.5. The average molecular weight is 221 g/mol. The van der Waals surface area contributed by atoms with Crippen LogP contribution in [0.4, 0.5) is 4.39 Å². The first-order valence-corrected chi connectivity index (χ1v) is 6.25. The fraction of sp³-hybridized carbons (Fsp3) is 0.571. The van der Waals surface area contributed by atoms with Gasteiger partial charge < -0.3 is 5.32 Å². The van der Waals surface area contributed by atoms with Crippen LogP contribution in [0.15, 0.2) is 24.3 Å². The maximum absolute atomic E-state index is 13.5. The molecule has 0 amide bonds. The summed E-state index contributed by atoms with van der Waals surface area (Å²) in [4.78, 5) is 0. The zero-order valence-corrected chi connectivity index (χ0v) is 9.88. The van der Waals surface area contributed by atoms with Gasteiger partial charge in [0, 0.05) is 11.6 Å². The van der Waals surface area contributed by atoms with Crippen molar-refractivity contribution in [2.45, 2.75) is 38.6 Å². The lowest BCUT2D eigenvalue weighted by Crippen LogP contribution is -2.24. The van der Waals surface area contributed by atoms with Gasteiger partial charge in [0.2, 0.25) is 0 Å². The van der Waals surface area contributed by atoms with Crippen molar-refractivity contribution in [2.75, 3.05) is 6.54 Å². The molecule has 88 valence electrons. The van der Waals surface area contributed by atoms with Gasteiger partial charge in [0.25, 0.3) is 0 Å². The van der Waals surface area contributed by atoms with E-state index < -0.39 is 0 Å². The van der Waals surface area contributed by atoms with Crippen LogP contribution in [-0.4, -0.2) is 6.54 Å². The molecule has 1 atom stereocenters. The van der Waals surface area contributed by atoms with Crippen LogP contribution in [-0.2, 0) is 0 Å². The van der Waals surface area contributed by atoms with E-state index >= 15 is 0 Å². The summed E-state index contributed by atoms with van der Waals surface area (Å²) in [5.41, 5.74) is 0.774. The summed E-state index contributed by atoms with van der Waals surface area (Å²) in [5.74, 6) is 0.812. The molecule has 0 saturated heterocycles. The van der Waals surface area contributed by atoms with Crippen LogP contribution in [0.25, 0.3) is 0 Å². The van der Waals surface area contributed by atoms with Gasteiger partial charge in [-0.15, -0.1) is 0 Å². The third-order valence-corrected chi connectivity index (χ3v) is 3.60. The Morgan fingerprint density at radius 2 is 2.12 bits per heavy atom. The van der Waals surface area contributed by atoms with E-state index in [2.05, 4.69) is 5.32 Å². The largest absolute Gasteiger partial charge is 0.310 e. The molecule has 0 aliphatic heterocycles. The molecule has 2 rings (SSSR count). The predicted molar refractivity (Wildman–Crippen MR) is 64.8 cm³/mol. The van der Waals surface area contributed by atoms with Crippen molar-refractivity contribution in [3.63, 3.8) is 0 Å². The molecular weight excluding hydrogens is 201 g/mol. The zero-order chi connectivity index (χ0) is 11.4. The molecule has 0 bridgehead atoms. The monoisotopic (exact) mass is 221 g/mol. The van der Waals surface area contributed by atoms with Crippen molar-refractivity contribution in [1.29, 1.82) is 0 Å². The van der Waals surface area contributed by atoms with E-state index in [9.17, 15) is 4.39 Å². The number of benzene rings is 1. The Hall–Kier alpha value is -0.890. The van der Waals surface area contributed by atoms with Gasteiger partial charge in [0.05, 0.1) is 0 Å². The predicted octanol–water partition coefficient (Wildman–Crippen LogP) is 3.67. The first-order valence-electron chi connectivity index (χ1n) is 6.25. The third kappa shape index (κ3) is 2.82. The highest BCUT2D eigenvalue weighted by atomic mass is 19.1. The topological polar surface area (TPSA) is 12.0 Å². The van der Waals surface area contributed by atoms with Crippen LogP contribution in [0.2, 0.25) is 0 Å². The van der Waals surface area contributed by atoms with Gasteiger partial charge in [-0.2, -0.15) is 0 Å². The molecule has 1 fully saturated rings. The van der Waals surface area contributed by atoms with E-state index in [0.717, 1.165) is 18.0 Å². The van der Waals surface area contributed by atoms with E-state index in [0.29, 0.717) is 0 Å². The molecule has 0 heterocycles. The number of hydrogen-bond donors (Lipinski definition) is 1. The third-order valence-electron chi connectivity index (χ3n) is 3.60. The molecule has 1 unspecified atom stereocenters. The van der Waals surface area contributed by atoms with Crippen LogP contribution in [0.3, 0.4) is 0 Å². The van der Waals surface area contributed by atoms with Gasteiger partial charge in [-0.1, -0.05) is 37.5 Å². The van der Waals surface area contributed by atoms with Crippen molar-refractivity contribution >= 4 is 0 Å². The molecule has 1 aromatic rings. The van der Waals surface area contributed by atoms with Crippen LogP contribution in [0, 0.1) is 11.7 Å². The van der Waals surface area contributed by atoms with Gasteiger partial charge in [0.15, 0.2) is 0 Å². The molecule has 1 saturated carbocycles. The Morgan fingerprint density at radius 3 is 2.75 bits per heavy atom. The SMILES string of the molecule is CC(NCCC1CCC1)c1ccccc1F. The molecule has 2 heteroatoms. The van der Waals surface area contributed by atoms with Gasteiger partial charge in [-0.25, -0.2) is 4.39 Å². The van der Waals surface area contributed by atoms with Crippen molar-refractivity contribution in [3.8, 4) is 0 Å². The molecule has 1 N–H and O–H groups in total. The Kier molecular flexibility index (Phi) is 3.94. The Balaban J connectivity index is 1.78. The van der Waals surface area contributed by atoms with Crippen molar-refractivity contribution in [3.05, 3.63) is 35.6 Å². The van der Waals surface area contributed by atoms with E-state index in [1.165, 1.54) is 31.7 Å². The summed E-state index contributed by atoms with van der Waals surface area (Å²) >= 11 is 0. The lowest BCUT2D eigenvalue weighted by molar-refractivity contribution is 0.288. The Morgan fingerprint density at radius 1 is 1.38 bits per heavy atom. The molecule has 0 radical (unpaired) electrons. The number of halogens is 1. The fourth-order valence-corrected chi connectivity index (χ4v) is 2.22. The standard InChI is InChI=1S/C14H20FN/c1-11(13-7-2-3-8-14(13)15)16-10-9-12-5-4-6-12/h2-3,7-8,11-12,16H,4-6,9-10H2,1H3. The second kappa shape index (κ2) is 5.44. The van der Waals surface area contributed by atoms with Gasteiger partial charge in [-0.3, -0.25) is 0 Å². The highest BCUT2D eigenvalue weighted by Gasteiger charge is 2.17. The number of hydrogen-bond acceptors (Lipinski definition) is 1. The summed E-state index contributed by atoms with van der Waals surface area (Å²) in [7, 11) is 0. The second-order valence-corrected chi connectivity index (χ2v) is 4.78. The maximum Gasteiger partial charge on any atom is 0.127 e. The molecule has 0 aromatic heterocycles. The smallest absolute Gasteiger partial charge is 0.127 e. The minimum absolute atomic E-state index is 0.105. The summed E-state index contributed by atoms with van der Waals surface area (Å²) < 4.78 is 13.5. The Labute approximate surface area is 97.1 Å². The zero-order valence-electron chi connectivity index (χ0n) is 9.88. The molecule has 1 nitrogen and oxygen atoms in total. The summed E-state index contributed by atoms with van der Waals surface area (Å²) in [6, 6.07) is 7.12. The molecule has 1 aromatic carbocycles. The summed E-state index contributed by atoms with van der Waals surface area (Å²) in [6.45, 7) is 3.03. The lowest BCUT2D eigenvalue weighted by Gasteiger charge is -2.26. The quantitative estimate of drug-likeness (QED) is 0.800. The normalized spacial score (nSPS) is 18.1. The first-order chi connectivity index (χ1) is 7.77. The summed E-state index contributed by atoms with van der Waals surface area (Å²) in [6.07, 6.45) is 5.40. The highest BCUT2D eigenvalue weighted by Crippen LogP contribution is 2.29. The van der Waals surface area contributed by atoms with E-state index in [-0.39, 0.29) is 11.9 Å². The van der Waals surface area contributed by atoms with Crippen LogP contribution >= 0.6 is 0 Å². The van der Waals surface area contributed by atoms with E-state index in [4.69, 9.17) is 0 Å². The van der Waals surface area contributed by atoms with Crippen molar-refractivity contribution < 1.29 is 4.39 Å². The lowest BCUT2D eigenvalue weighted by atomic mass is 9.83. The highest BCUT2D eigenvalue weighted by molar-refractivity contribution is 5.20. The van der Waals surface area contributed by atoms with Crippen molar-refractivity contribution in [2.24, 2.45) is 5.92 Å². The first kappa shape index (κ1) is 11.6. The minimum atomic E-state index is -0.105. The van der Waals surface area contributed by atoms with Crippen LogP contribution in [0.1, 0.15) is 44.2 Å². The molecule has 16 heavy (non-hydrogen) atoms. The minimum Gasteiger partial charge on any atom is -0.310 e. The number of nitrogens with one attached hydrogen (secondary N) is 1. The fourth-order valence-electron chi connectivity index (χ4n) is 2.22. The second-order valence-electron chi connectivity index (χ2n) is 4.78. The van der Waals surface area contributed by atoms with Gasteiger partial charge in [0.1, 0.15) is 5.82 Å². The van der Waals surface area contributed by atoms with E-state index in [1.54, 1.807) is 6.07 Å². The van der Waals surface area contributed by atoms with E-state index in [1.807, 2.05) is 19.1 Å². The van der Waals surface area contributed by atoms with Crippen molar-refractivity contribution in [1.82, 2.24) is 5.32 Å². The number of rotatable bonds is 5. The molecule has 1 aliphatic rings. The molecular formula is C14H20FN. The average Bonchev–Trinajstić information content (AvgIpc) is 2.22. The van der Waals surface area contributed by atoms with Gasteiger partial charge >= 0.3 is 0 Å². The Bertz CT molecular complexity index is 333. The molecule has 1 aliphatic carbocycles. The van der Waals surface area contributed by atoms with Gasteiger partial charge in [-0.05, 0) is 31.9 Å². The van der Waals surface area contributed by atoms with Crippen LogP contribution in [0.5, 0.6) is 0 Å². The summed E-state index contributed by atoms with van der Waals surface area (Å²) in [5, 5.41) is 3.40. The van der Waals surface area contributed by atoms with Crippen LogP contribution < -0.4 is 5.32 Å². The molecule has 0 spiro atoms.